The molecule has 2 aromatic carbocycles. The molecule has 3 rings (SSSR count). The van der Waals surface area contributed by atoms with E-state index in [9.17, 15) is 14.4 Å². The maximum Gasteiger partial charge on any atom is 0.325 e. The van der Waals surface area contributed by atoms with Crippen LogP contribution in [0.5, 0.6) is 5.75 Å². The molecular formula is C22H24N2O5. The molecule has 0 aromatic heterocycles. The molecule has 0 bridgehead atoms. The van der Waals surface area contributed by atoms with Gasteiger partial charge in [0.1, 0.15) is 12.3 Å². The van der Waals surface area contributed by atoms with Gasteiger partial charge in [-0.3, -0.25) is 14.4 Å². The van der Waals surface area contributed by atoms with E-state index >= 15 is 0 Å². The summed E-state index contributed by atoms with van der Waals surface area (Å²) in [4.78, 5) is 36.0. The number of fused-ring (bicyclic) bond motifs is 1. The highest BCUT2D eigenvalue weighted by Gasteiger charge is 2.21. The zero-order valence-corrected chi connectivity index (χ0v) is 16.3. The summed E-state index contributed by atoms with van der Waals surface area (Å²) in [6.45, 7) is -0.694. The zero-order valence-electron chi connectivity index (χ0n) is 16.3. The minimum atomic E-state index is -0.675. The van der Waals surface area contributed by atoms with Gasteiger partial charge in [0.2, 0.25) is 0 Å². The van der Waals surface area contributed by atoms with Crippen molar-refractivity contribution < 1.29 is 23.9 Å². The lowest BCUT2D eigenvalue weighted by atomic mass is 9.88. The van der Waals surface area contributed by atoms with Crippen molar-refractivity contribution in [2.24, 2.45) is 0 Å². The molecule has 0 spiro atoms. The molecule has 0 aliphatic heterocycles. The SMILES string of the molecule is COc1ccc(C(=O)NCC(=O)OCC(=O)NC2CCCc3ccccc32)cc1. The maximum absolute atomic E-state index is 12.2. The van der Waals surface area contributed by atoms with E-state index in [0.717, 1.165) is 24.8 Å². The predicted octanol–water partition coefficient (Wildman–Crippen LogP) is 2.16. The largest absolute Gasteiger partial charge is 0.497 e. The Kier molecular flexibility index (Phi) is 6.84. The van der Waals surface area contributed by atoms with E-state index in [1.165, 1.54) is 12.7 Å². The van der Waals surface area contributed by atoms with Gasteiger partial charge in [0.25, 0.3) is 11.8 Å². The van der Waals surface area contributed by atoms with E-state index in [0.29, 0.717) is 11.3 Å². The van der Waals surface area contributed by atoms with Gasteiger partial charge in [0, 0.05) is 5.56 Å². The number of amides is 2. The lowest BCUT2D eigenvalue weighted by molar-refractivity contribution is -0.147. The second-order valence-electron chi connectivity index (χ2n) is 6.78. The average Bonchev–Trinajstić information content (AvgIpc) is 2.76. The number of methoxy groups -OCH3 is 1. The molecular weight excluding hydrogens is 372 g/mol. The van der Waals surface area contributed by atoms with Gasteiger partial charge in [-0.25, -0.2) is 0 Å². The lowest BCUT2D eigenvalue weighted by Gasteiger charge is -2.26. The van der Waals surface area contributed by atoms with E-state index in [1.54, 1.807) is 24.3 Å². The number of benzene rings is 2. The van der Waals surface area contributed by atoms with Gasteiger partial charge in [0.05, 0.1) is 13.2 Å². The first kappa shape index (κ1) is 20.4. The topological polar surface area (TPSA) is 93.7 Å². The van der Waals surface area contributed by atoms with E-state index in [4.69, 9.17) is 9.47 Å². The molecule has 2 amide bonds. The van der Waals surface area contributed by atoms with Gasteiger partial charge in [0.15, 0.2) is 6.61 Å². The van der Waals surface area contributed by atoms with Crippen LogP contribution in [0, 0.1) is 0 Å². The highest BCUT2D eigenvalue weighted by Crippen LogP contribution is 2.29. The fourth-order valence-electron chi connectivity index (χ4n) is 3.33. The third-order valence-corrected chi connectivity index (χ3v) is 4.81. The number of esters is 1. The minimum Gasteiger partial charge on any atom is -0.497 e. The van der Waals surface area contributed by atoms with Gasteiger partial charge in [-0.2, -0.15) is 0 Å². The minimum absolute atomic E-state index is 0.0686. The molecule has 7 nitrogen and oxygen atoms in total. The highest BCUT2D eigenvalue weighted by atomic mass is 16.5. The van der Waals surface area contributed by atoms with Crippen molar-refractivity contribution in [3.05, 3.63) is 65.2 Å². The quantitative estimate of drug-likeness (QED) is 0.700. The van der Waals surface area contributed by atoms with Crippen LogP contribution in [0.2, 0.25) is 0 Å². The van der Waals surface area contributed by atoms with Crippen molar-refractivity contribution in [2.45, 2.75) is 25.3 Å². The van der Waals surface area contributed by atoms with Crippen molar-refractivity contribution in [3.8, 4) is 5.75 Å². The van der Waals surface area contributed by atoms with Crippen molar-refractivity contribution in [1.29, 1.82) is 0 Å². The molecule has 1 atom stereocenters. The number of carbonyl (C=O) groups is 3. The molecule has 152 valence electrons. The van der Waals surface area contributed by atoms with Crippen molar-refractivity contribution in [3.63, 3.8) is 0 Å². The number of ether oxygens (including phenoxy) is 2. The molecule has 2 aromatic rings. The van der Waals surface area contributed by atoms with E-state index in [1.807, 2.05) is 18.2 Å². The number of hydrogen-bond acceptors (Lipinski definition) is 5. The fourth-order valence-corrected chi connectivity index (χ4v) is 3.33. The van der Waals surface area contributed by atoms with Crippen LogP contribution < -0.4 is 15.4 Å². The zero-order chi connectivity index (χ0) is 20.6. The van der Waals surface area contributed by atoms with Gasteiger partial charge >= 0.3 is 5.97 Å². The van der Waals surface area contributed by atoms with Crippen LogP contribution in [0.3, 0.4) is 0 Å². The van der Waals surface area contributed by atoms with Crippen LogP contribution in [-0.4, -0.2) is 38.0 Å². The Morgan fingerprint density at radius 3 is 2.59 bits per heavy atom. The first-order valence-electron chi connectivity index (χ1n) is 9.52. The van der Waals surface area contributed by atoms with Crippen molar-refractivity contribution in [1.82, 2.24) is 10.6 Å². The Morgan fingerprint density at radius 2 is 1.83 bits per heavy atom. The number of nitrogens with one attached hydrogen (secondary N) is 2. The number of rotatable bonds is 7. The third kappa shape index (κ3) is 5.57. The molecule has 1 unspecified atom stereocenters. The summed E-state index contributed by atoms with van der Waals surface area (Å²) in [7, 11) is 1.54. The van der Waals surface area contributed by atoms with Crippen LogP contribution >= 0.6 is 0 Å². The summed E-state index contributed by atoms with van der Waals surface area (Å²) >= 11 is 0. The Balaban J connectivity index is 1.41. The first-order chi connectivity index (χ1) is 14.1. The normalized spacial score (nSPS) is 15.0. The molecule has 0 fully saturated rings. The summed E-state index contributed by atoms with van der Waals surface area (Å²) in [5.41, 5.74) is 2.75. The predicted molar refractivity (Wildman–Crippen MR) is 107 cm³/mol. The standard InChI is InChI=1S/C22H24N2O5/c1-28-17-11-9-16(10-12-17)22(27)23-13-21(26)29-14-20(25)24-19-8-4-6-15-5-2-3-7-18(15)19/h2-3,5,7,9-12,19H,4,6,8,13-14H2,1H3,(H,23,27)(H,24,25). The van der Waals surface area contributed by atoms with Crippen LogP contribution in [0.4, 0.5) is 0 Å². The summed E-state index contributed by atoms with van der Waals surface area (Å²) in [5, 5.41) is 5.38. The molecule has 29 heavy (non-hydrogen) atoms. The number of hydrogen-bond donors (Lipinski definition) is 2. The molecule has 0 saturated heterocycles. The fraction of sp³-hybridized carbons (Fsp3) is 0.318. The van der Waals surface area contributed by atoms with Gasteiger partial charge in [-0.15, -0.1) is 0 Å². The van der Waals surface area contributed by atoms with Crippen molar-refractivity contribution >= 4 is 17.8 Å². The van der Waals surface area contributed by atoms with Crippen LogP contribution in [-0.2, 0) is 20.7 Å². The number of aryl methyl sites for hydroxylation is 1. The second-order valence-corrected chi connectivity index (χ2v) is 6.78. The van der Waals surface area contributed by atoms with Gasteiger partial charge in [-0.1, -0.05) is 24.3 Å². The highest BCUT2D eigenvalue weighted by molar-refractivity contribution is 5.96. The molecule has 7 heteroatoms. The molecule has 0 saturated carbocycles. The number of carbonyl (C=O) groups excluding carboxylic acids is 3. The smallest absolute Gasteiger partial charge is 0.325 e. The van der Waals surface area contributed by atoms with Crippen LogP contribution in [0.15, 0.2) is 48.5 Å². The Hall–Kier alpha value is -3.35. The summed E-state index contributed by atoms with van der Waals surface area (Å²) < 4.78 is 10.0. The molecule has 1 aliphatic rings. The Labute approximate surface area is 169 Å². The van der Waals surface area contributed by atoms with E-state index in [2.05, 4.69) is 16.7 Å². The molecule has 1 aliphatic carbocycles. The molecule has 2 N–H and O–H groups in total. The summed E-state index contributed by atoms with van der Waals surface area (Å²) in [5.74, 6) is -0.812. The molecule has 0 radical (unpaired) electrons. The van der Waals surface area contributed by atoms with E-state index in [-0.39, 0.29) is 25.1 Å². The lowest BCUT2D eigenvalue weighted by Crippen LogP contribution is -2.36. The second kappa shape index (κ2) is 9.73. The summed E-state index contributed by atoms with van der Waals surface area (Å²) in [6.07, 6.45) is 2.86. The first-order valence-corrected chi connectivity index (χ1v) is 9.52. The van der Waals surface area contributed by atoms with Gasteiger partial charge in [-0.05, 0) is 54.7 Å². The van der Waals surface area contributed by atoms with Crippen LogP contribution in [0.25, 0.3) is 0 Å². The van der Waals surface area contributed by atoms with Crippen LogP contribution in [0.1, 0.15) is 40.4 Å². The Bertz CT molecular complexity index is 879. The maximum atomic E-state index is 12.2. The third-order valence-electron chi connectivity index (χ3n) is 4.81. The monoisotopic (exact) mass is 396 g/mol. The van der Waals surface area contributed by atoms with Gasteiger partial charge < -0.3 is 20.1 Å². The average molecular weight is 396 g/mol. The molecule has 0 heterocycles. The Morgan fingerprint density at radius 1 is 1.07 bits per heavy atom. The van der Waals surface area contributed by atoms with E-state index < -0.39 is 11.9 Å². The summed E-state index contributed by atoms with van der Waals surface area (Å²) in [6, 6.07) is 14.5. The van der Waals surface area contributed by atoms with Crippen molar-refractivity contribution in [2.75, 3.05) is 20.3 Å².